The van der Waals surface area contributed by atoms with Gasteiger partial charge in [-0.1, -0.05) is 48.0 Å². The SMILES string of the molecule is CC1=C(C(=O)NCC(Cc2cccc3ccccc23)C(=O)O)CCC1. The largest absolute Gasteiger partial charge is 0.481 e. The number of carboxylic acids is 1. The van der Waals surface area contributed by atoms with Crippen molar-refractivity contribution in [2.75, 3.05) is 6.54 Å². The second-order valence-corrected chi connectivity index (χ2v) is 6.70. The Morgan fingerprint density at radius 1 is 1.12 bits per heavy atom. The number of hydrogen-bond acceptors (Lipinski definition) is 2. The monoisotopic (exact) mass is 337 g/mol. The molecule has 0 heterocycles. The van der Waals surface area contributed by atoms with Gasteiger partial charge in [-0.3, -0.25) is 9.59 Å². The van der Waals surface area contributed by atoms with Gasteiger partial charge < -0.3 is 10.4 Å². The summed E-state index contributed by atoms with van der Waals surface area (Å²) in [5, 5.41) is 14.6. The summed E-state index contributed by atoms with van der Waals surface area (Å²) in [6.45, 7) is 2.13. The first-order chi connectivity index (χ1) is 12.1. The van der Waals surface area contributed by atoms with Crippen LogP contribution in [-0.4, -0.2) is 23.5 Å². The average molecular weight is 337 g/mol. The molecule has 0 aromatic heterocycles. The van der Waals surface area contributed by atoms with E-state index in [-0.39, 0.29) is 12.5 Å². The van der Waals surface area contributed by atoms with Crippen LogP contribution >= 0.6 is 0 Å². The van der Waals surface area contributed by atoms with E-state index in [4.69, 9.17) is 0 Å². The second-order valence-electron chi connectivity index (χ2n) is 6.70. The fraction of sp³-hybridized carbons (Fsp3) is 0.333. The summed E-state index contributed by atoms with van der Waals surface area (Å²) in [4.78, 5) is 24.0. The van der Waals surface area contributed by atoms with Crippen molar-refractivity contribution in [1.82, 2.24) is 5.32 Å². The molecule has 4 heteroatoms. The molecule has 3 rings (SSSR count). The van der Waals surface area contributed by atoms with E-state index in [9.17, 15) is 14.7 Å². The van der Waals surface area contributed by atoms with Gasteiger partial charge in [-0.2, -0.15) is 0 Å². The zero-order valence-electron chi connectivity index (χ0n) is 14.4. The van der Waals surface area contributed by atoms with E-state index in [1.54, 1.807) is 0 Å². The Morgan fingerprint density at radius 2 is 1.88 bits per heavy atom. The second kappa shape index (κ2) is 7.51. The van der Waals surface area contributed by atoms with Gasteiger partial charge in [0.1, 0.15) is 0 Å². The molecule has 2 aromatic carbocycles. The molecule has 2 N–H and O–H groups in total. The first-order valence-corrected chi connectivity index (χ1v) is 8.72. The molecule has 0 saturated heterocycles. The van der Waals surface area contributed by atoms with Crippen LogP contribution in [0.1, 0.15) is 31.7 Å². The number of rotatable bonds is 6. The van der Waals surface area contributed by atoms with Gasteiger partial charge in [-0.25, -0.2) is 0 Å². The fourth-order valence-corrected chi connectivity index (χ4v) is 3.51. The first kappa shape index (κ1) is 17.2. The number of amides is 1. The van der Waals surface area contributed by atoms with Crippen molar-refractivity contribution in [3.05, 3.63) is 59.2 Å². The van der Waals surface area contributed by atoms with Crippen LogP contribution in [0.15, 0.2) is 53.6 Å². The number of carbonyl (C=O) groups excluding carboxylic acids is 1. The highest BCUT2D eigenvalue weighted by Gasteiger charge is 2.22. The number of aliphatic carboxylic acids is 1. The number of fused-ring (bicyclic) bond motifs is 1. The van der Waals surface area contributed by atoms with Crippen molar-refractivity contribution in [2.45, 2.75) is 32.6 Å². The van der Waals surface area contributed by atoms with E-state index in [2.05, 4.69) is 5.32 Å². The van der Waals surface area contributed by atoms with Gasteiger partial charge in [-0.15, -0.1) is 0 Å². The Kier molecular flexibility index (Phi) is 5.17. The van der Waals surface area contributed by atoms with Crippen LogP contribution in [0.25, 0.3) is 10.8 Å². The van der Waals surface area contributed by atoms with Crippen LogP contribution in [0.4, 0.5) is 0 Å². The average Bonchev–Trinajstić information content (AvgIpc) is 3.04. The van der Waals surface area contributed by atoms with Gasteiger partial charge in [0.2, 0.25) is 5.91 Å². The fourth-order valence-electron chi connectivity index (χ4n) is 3.51. The summed E-state index contributed by atoms with van der Waals surface area (Å²) >= 11 is 0. The molecule has 130 valence electrons. The molecular weight excluding hydrogens is 314 g/mol. The lowest BCUT2D eigenvalue weighted by molar-refractivity contribution is -0.141. The molecule has 1 amide bonds. The van der Waals surface area contributed by atoms with E-state index >= 15 is 0 Å². The number of carboxylic acid groups (broad SMARTS) is 1. The summed E-state index contributed by atoms with van der Waals surface area (Å²) in [7, 11) is 0. The molecule has 0 radical (unpaired) electrons. The predicted molar refractivity (Wildman–Crippen MR) is 98.3 cm³/mol. The molecule has 25 heavy (non-hydrogen) atoms. The van der Waals surface area contributed by atoms with Crippen molar-refractivity contribution in [3.63, 3.8) is 0 Å². The molecular formula is C21H23NO3. The molecule has 2 aromatic rings. The quantitative estimate of drug-likeness (QED) is 0.844. The highest BCUT2D eigenvalue weighted by Crippen LogP contribution is 2.25. The molecule has 0 aliphatic heterocycles. The van der Waals surface area contributed by atoms with Crippen molar-refractivity contribution in [3.8, 4) is 0 Å². The standard InChI is InChI=1S/C21H23NO3/c1-14-6-4-11-18(14)20(23)22-13-17(21(24)25)12-16-9-5-8-15-7-2-3-10-19(15)16/h2-3,5,7-10,17H,4,6,11-13H2,1H3,(H,22,23)(H,24,25). The third-order valence-electron chi connectivity index (χ3n) is 4.97. The highest BCUT2D eigenvalue weighted by molar-refractivity contribution is 5.94. The minimum absolute atomic E-state index is 0.112. The molecule has 1 atom stereocenters. The van der Waals surface area contributed by atoms with Crippen LogP contribution in [0.2, 0.25) is 0 Å². The highest BCUT2D eigenvalue weighted by atomic mass is 16.4. The molecule has 0 bridgehead atoms. The van der Waals surface area contributed by atoms with Crippen LogP contribution in [-0.2, 0) is 16.0 Å². The Hall–Kier alpha value is -2.62. The van der Waals surface area contributed by atoms with Crippen molar-refractivity contribution < 1.29 is 14.7 Å². The van der Waals surface area contributed by atoms with Crippen molar-refractivity contribution >= 4 is 22.6 Å². The normalized spacial score (nSPS) is 15.4. The van der Waals surface area contributed by atoms with Crippen LogP contribution in [0.3, 0.4) is 0 Å². The number of hydrogen-bond donors (Lipinski definition) is 2. The summed E-state index contributed by atoms with van der Waals surface area (Å²) in [5.74, 6) is -1.64. The number of benzene rings is 2. The van der Waals surface area contributed by atoms with Crippen LogP contribution in [0, 0.1) is 5.92 Å². The van der Waals surface area contributed by atoms with Gasteiger partial charge in [-0.05, 0) is 48.9 Å². The van der Waals surface area contributed by atoms with E-state index in [0.29, 0.717) is 6.42 Å². The first-order valence-electron chi connectivity index (χ1n) is 8.72. The van der Waals surface area contributed by atoms with Gasteiger partial charge in [0.15, 0.2) is 0 Å². The Morgan fingerprint density at radius 3 is 2.60 bits per heavy atom. The summed E-state index contributed by atoms with van der Waals surface area (Å²) < 4.78 is 0. The smallest absolute Gasteiger partial charge is 0.308 e. The maximum atomic E-state index is 12.3. The molecule has 0 fully saturated rings. The minimum Gasteiger partial charge on any atom is -0.481 e. The predicted octanol–water partition coefficient (Wildman–Crippen LogP) is 3.70. The molecule has 1 aliphatic carbocycles. The lowest BCUT2D eigenvalue weighted by atomic mass is 9.94. The molecule has 0 saturated carbocycles. The van der Waals surface area contributed by atoms with E-state index in [0.717, 1.165) is 46.7 Å². The summed E-state index contributed by atoms with van der Waals surface area (Å²) in [6, 6.07) is 13.9. The van der Waals surface area contributed by atoms with Gasteiger partial charge in [0, 0.05) is 12.1 Å². The minimum atomic E-state index is -0.884. The van der Waals surface area contributed by atoms with Crippen LogP contribution < -0.4 is 5.32 Å². The maximum absolute atomic E-state index is 12.3. The van der Waals surface area contributed by atoms with Gasteiger partial charge in [0.25, 0.3) is 0 Å². The summed E-state index contributed by atoms with van der Waals surface area (Å²) in [5.41, 5.74) is 2.95. The van der Waals surface area contributed by atoms with Gasteiger partial charge in [0.05, 0.1) is 5.92 Å². The maximum Gasteiger partial charge on any atom is 0.308 e. The third kappa shape index (κ3) is 3.90. The zero-order valence-corrected chi connectivity index (χ0v) is 14.4. The number of nitrogens with one attached hydrogen (secondary N) is 1. The lowest BCUT2D eigenvalue weighted by Crippen LogP contribution is -2.34. The van der Waals surface area contributed by atoms with E-state index < -0.39 is 11.9 Å². The van der Waals surface area contributed by atoms with Gasteiger partial charge >= 0.3 is 5.97 Å². The Balaban J connectivity index is 1.72. The van der Waals surface area contributed by atoms with E-state index in [1.807, 2.05) is 49.4 Å². The summed E-state index contributed by atoms with van der Waals surface area (Å²) in [6.07, 6.45) is 3.15. The lowest BCUT2D eigenvalue weighted by Gasteiger charge is -2.15. The molecule has 0 spiro atoms. The zero-order chi connectivity index (χ0) is 17.8. The third-order valence-corrected chi connectivity index (χ3v) is 4.97. The Bertz CT molecular complexity index is 833. The van der Waals surface area contributed by atoms with Crippen molar-refractivity contribution in [2.24, 2.45) is 5.92 Å². The van der Waals surface area contributed by atoms with E-state index in [1.165, 1.54) is 0 Å². The number of carbonyl (C=O) groups is 2. The molecule has 4 nitrogen and oxygen atoms in total. The molecule has 1 aliphatic rings. The molecule has 1 unspecified atom stereocenters. The van der Waals surface area contributed by atoms with Crippen molar-refractivity contribution in [1.29, 1.82) is 0 Å². The Labute approximate surface area is 147 Å². The number of allylic oxidation sites excluding steroid dienone is 1. The topological polar surface area (TPSA) is 66.4 Å². The van der Waals surface area contributed by atoms with Crippen LogP contribution in [0.5, 0.6) is 0 Å².